The molecule has 0 aliphatic rings. The highest BCUT2D eigenvalue weighted by molar-refractivity contribution is 9.10. The van der Waals surface area contributed by atoms with E-state index < -0.39 is 0 Å². The van der Waals surface area contributed by atoms with E-state index in [1.165, 1.54) is 11.8 Å². The minimum atomic E-state index is -0.150. The van der Waals surface area contributed by atoms with Crippen molar-refractivity contribution in [3.8, 4) is 5.69 Å². The molecule has 0 saturated carbocycles. The summed E-state index contributed by atoms with van der Waals surface area (Å²) in [6.07, 6.45) is 0.855. The van der Waals surface area contributed by atoms with Crippen molar-refractivity contribution < 1.29 is 4.79 Å². The number of nitrogens with zero attached hydrogens (tertiary/aromatic N) is 2. The molecule has 0 atom stereocenters. The molecular formula is C25H24BrN3O2S2. The predicted octanol–water partition coefficient (Wildman–Crippen LogP) is 6.43. The molecule has 0 radical (unpaired) electrons. The maximum atomic E-state index is 13.6. The Bertz CT molecular complexity index is 1410. The molecule has 4 aromatic rings. The topological polar surface area (TPSA) is 64.0 Å². The van der Waals surface area contributed by atoms with Crippen LogP contribution in [0.1, 0.15) is 28.5 Å². The standard InChI is InChI=1S/C25H24BrN3O2S2/c1-5-20-16(4)22-23(33-20)28-25(29(24(22)31)18-9-6-14(2)7-10-18)32-13-21(30)27-17-8-11-19(26)15(3)12-17/h6-12H,5,13H2,1-4H3,(H,27,30). The number of carbonyl (C=O) groups is 1. The van der Waals surface area contributed by atoms with Crippen molar-refractivity contribution in [1.82, 2.24) is 9.55 Å². The summed E-state index contributed by atoms with van der Waals surface area (Å²) in [5.74, 6) is -0.00711. The predicted molar refractivity (Wildman–Crippen MR) is 142 cm³/mol. The average molecular weight is 543 g/mol. The first-order chi connectivity index (χ1) is 15.8. The lowest BCUT2D eigenvalue weighted by Gasteiger charge is -2.13. The van der Waals surface area contributed by atoms with E-state index in [4.69, 9.17) is 4.98 Å². The summed E-state index contributed by atoms with van der Waals surface area (Å²) in [5.41, 5.74) is 4.54. The number of aromatic nitrogens is 2. The third-order valence-corrected chi connectivity index (χ3v) is 8.58. The van der Waals surface area contributed by atoms with Gasteiger partial charge in [-0.15, -0.1) is 11.3 Å². The molecule has 2 aromatic carbocycles. The molecule has 170 valence electrons. The molecule has 5 nitrogen and oxygen atoms in total. The Morgan fingerprint density at radius 2 is 1.88 bits per heavy atom. The van der Waals surface area contributed by atoms with Crippen molar-refractivity contribution in [3.63, 3.8) is 0 Å². The van der Waals surface area contributed by atoms with E-state index in [1.807, 2.05) is 63.2 Å². The number of rotatable bonds is 6. The number of hydrogen-bond donors (Lipinski definition) is 1. The zero-order chi connectivity index (χ0) is 23.7. The number of amides is 1. The fraction of sp³-hybridized carbons (Fsp3) is 0.240. The van der Waals surface area contributed by atoms with Gasteiger partial charge >= 0.3 is 0 Å². The molecule has 1 amide bonds. The summed E-state index contributed by atoms with van der Waals surface area (Å²) in [6.45, 7) is 8.05. The molecule has 1 N–H and O–H groups in total. The fourth-order valence-corrected chi connectivity index (χ4v) is 5.83. The highest BCUT2D eigenvalue weighted by atomic mass is 79.9. The van der Waals surface area contributed by atoms with E-state index in [1.54, 1.807) is 15.9 Å². The number of thioether (sulfide) groups is 1. The largest absolute Gasteiger partial charge is 0.325 e. The lowest BCUT2D eigenvalue weighted by molar-refractivity contribution is -0.113. The van der Waals surface area contributed by atoms with E-state index in [9.17, 15) is 9.59 Å². The molecule has 0 bridgehead atoms. The van der Waals surface area contributed by atoms with Crippen molar-refractivity contribution in [2.24, 2.45) is 0 Å². The second-order valence-electron chi connectivity index (χ2n) is 7.86. The van der Waals surface area contributed by atoms with Crippen LogP contribution in [-0.4, -0.2) is 21.2 Å². The number of fused-ring (bicyclic) bond motifs is 1. The highest BCUT2D eigenvalue weighted by Gasteiger charge is 2.19. The van der Waals surface area contributed by atoms with Gasteiger partial charge in [-0.1, -0.05) is 52.3 Å². The Labute approximate surface area is 209 Å². The molecular weight excluding hydrogens is 518 g/mol. The SMILES string of the molecule is CCc1sc2nc(SCC(=O)Nc3ccc(Br)c(C)c3)n(-c3ccc(C)cc3)c(=O)c2c1C. The molecule has 0 fully saturated rings. The Kier molecular flexibility index (Phi) is 7.07. The van der Waals surface area contributed by atoms with Crippen LogP contribution in [0.3, 0.4) is 0 Å². The van der Waals surface area contributed by atoms with Gasteiger partial charge in [-0.3, -0.25) is 14.2 Å². The Hall–Kier alpha value is -2.42. The van der Waals surface area contributed by atoms with Gasteiger partial charge < -0.3 is 5.32 Å². The van der Waals surface area contributed by atoms with Crippen LogP contribution in [0.25, 0.3) is 15.9 Å². The van der Waals surface area contributed by atoms with Crippen molar-refractivity contribution in [2.75, 3.05) is 11.1 Å². The van der Waals surface area contributed by atoms with Crippen LogP contribution in [0.15, 0.2) is 56.9 Å². The normalized spacial score (nSPS) is 11.2. The van der Waals surface area contributed by atoms with Crippen LogP contribution < -0.4 is 10.9 Å². The number of nitrogens with one attached hydrogen (secondary N) is 1. The molecule has 8 heteroatoms. The van der Waals surface area contributed by atoms with Crippen molar-refractivity contribution in [3.05, 3.63) is 78.9 Å². The summed E-state index contributed by atoms with van der Waals surface area (Å²) in [6, 6.07) is 13.5. The number of halogens is 1. The maximum Gasteiger partial charge on any atom is 0.267 e. The van der Waals surface area contributed by atoms with Crippen LogP contribution in [0.4, 0.5) is 5.69 Å². The van der Waals surface area contributed by atoms with E-state index in [0.29, 0.717) is 10.5 Å². The lowest BCUT2D eigenvalue weighted by atomic mass is 10.2. The molecule has 2 aromatic heterocycles. The summed E-state index contributed by atoms with van der Waals surface area (Å²) < 4.78 is 2.62. The number of carbonyl (C=O) groups excluding carboxylic acids is 1. The molecule has 2 heterocycles. The molecule has 0 unspecified atom stereocenters. The van der Waals surface area contributed by atoms with E-state index in [2.05, 4.69) is 28.2 Å². The van der Waals surface area contributed by atoms with Gasteiger partial charge in [-0.05, 0) is 68.7 Å². The number of aryl methyl sites for hydroxylation is 4. The molecule has 33 heavy (non-hydrogen) atoms. The summed E-state index contributed by atoms with van der Waals surface area (Å²) >= 11 is 6.30. The molecule has 0 saturated heterocycles. The van der Waals surface area contributed by atoms with Gasteiger partial charge in [0.05, 0.1) is 16.8 Å². The van der Waals surface area contributed by atoms with Crippen molar-refractivity contribution >= 4 is 60.8 Å². The van der Waals surface area contributed by atoms with E-state index >= 15 is 0 Å². The zero-order valence-corrected chi connectivity index (χ0v) is 22.1. The van der Waals surface area contributed by atoms with Gasteiger partial charge in [0.2, 0.25) is 5.91 Å². The average Bonchev–Trinajstić information content (AvgIpc) is 3.11. The Morgan fingerprint density at radius 1 is 1.15 bits per heavy atom. The third kappa shape index (κ3) is 4.93. The van der Waals surface area contributed by atoms with E-state index in [-0.39, 0.29) is 17.2 Å². The number of hydrogen-bond acceptors (Lipinski definition) is 5. The van der Waals surface area contributed by atoms with Crippen LogP contribution in [-0.2, 0) is 11.2 Å². The molecule has 0 aliphatic heterocycles. The highest BCUT2D eigenvalue weighted by Crippen LogP contribution is 2.30. The minimum absolute atomic E-state index is 0.0938. The summed E-state index contributed by atoms with van der Waals surface area (Å²) in [7, 11) is 0. The number of benzene rings is 2. The van der Waals surface area contributed by atoms with Gasteiger partial charge in [-0.25, -0.2) is 4.98 Å². The van der Waals surface area contributed by atoms with Gasteiger partial charge in [0.1, 0.15) is 4.83 Å². The molecule has 0 aliphatic carbocycles. The van der Waals surface area contributed by atoms with Gasteiger partial charge in [0, 0.05) is 15.0 Å². The zero-order valence-electron chi connectivity index (χ0n) is 18.9. The second-order valence-corrected chi connectivity index (χ2v) is 10.7. The maximum absolute atomic E-state index is 13.6. The van der Waals surface area contributed by atoms with Crippen molar-refractivity contribution in [2.45, 2.75) is 39.3 Å². The number of thiophene rings is 1. The van der Waals surface area contributed by atoms with E-state index in [0.717, 1.165) is 48.7 Å². The number of anilines is 1. The van der Waals surface area contributed by atoms with Gasteiger partial charge in [-0.2, -0.15) is 0 Å². The Morgan fingerprint density at radius 3 is 2.55 bits per heavy atom. The quantitative estimate of drug-likeness (QED) is 0.225. The van der Waals surface area contributed by atoms with Crippen LogP contribution >= 0.6 is 39.0 Å². The van der Waals surface area contributed by atoms with Crippen molar-refractivity contribution in [1.29, 1.82) is 0 Å². The summed E-state index contributed by atoms with van der Waals surface area (Å²) in [5, 5.41) is 4.11. The first kappa shape index (κ1) is 23.7. The second kappa shape index (κ2) is 9.83. The third-order valence-electron chi connectivity index (χ3n) is 5.42. The fourth-order valence-electron chi connectivity index (χ4n) is 3.62. The summed E-state index contributed by atoms with van der Waals surface area (Å²) in [4.78, 5) is 33.0. The minimum Gasteiger partial charge on any atom is -0.325 e. The van der Waals surface area contributed by atoms with Crippen LogP contribution in [0.5, 0.6) is 0 Å². The van der Waals surface area contributed by atoms with Crippen LogP contribution in [0.2, 0.25) is 0 Å². The van der Waals surface area contributed by atoms with Gasteiger partial charge in [0.25, 0.3) is 5.56 Å². The lowest BCUT2D eigenvalue weighted by Crippen LogP contribution is -2.23. The molecule has 4 rings (SSSR count). The first-order valence-corrected chi connectivity index (χ1v) is 13.2. The van der Waals surface area contributed by atoms with Crippen LogP contribution in [0, 0.1) is 20.8 Å². The Balaban J connectivity index is 1.70. The monoisotopic (exact) mass is 541 g/mol. The van der Waals surface area contributed by atoms with Gasteiger partial charge in [0.15, 0.2) is 5.16 Å². The first-order valence-electron chi connectivity index (χ1n) is 10.6. The smallest absolute Gasteiger partial charge is 0.267 e. The molecule has 0 spiro atoms.